The second-order valence-corrected chi connectivity index (χ2v) is 5.48. The van der Waals surface area contributed by atoms with Gasteiger partial charge in [0, 0.05) is 13.1 Å². The van der Waals surface area contributed by atoms with Gasteiger partial charge >= 0.3 is 0 Å². The Labute approximate surface area is 125 Å². The van der Waals surface area contributed by atoms with Crippen LogP contribution in [0.25, 0.3) is 0 Å². The van der Waals surface area contributed by atoms with Crippen LogP contribution in [0.1, 0.15) is 17.2 Å². The summed E-state index contributed by atoms with van der Waals surface area (Å²) in [5, 5.41) is 9.38. The third-order valence-corrected chi connectivity index (χ3v) is 3.99. The molecular weight excluding hydrogens is 262 g/mol. The Hall–Kier alpha value is -1.68. The molecule has 0 bridgehead atoms. The van der Waals surface area contributed by atoms with Gasteiger partial charge in [0.15, 0.2) is 0 Å². The van der Waals surface area contributed by atoms with E-state index in [-0.39, 0.29) is 18.8 Å². The molecule has 21 heavy (non-hydrogen) atoms. The van der Waals surface area contributed by atoms with Gasteiger partial charge in [0.05, 0.1) is 25.4 Å². The van der Waals surface area contributed by atoms with Gasteiger partial charge in [-0.2, -0.15) is 0 Å². The molecule has 1 unspecified atom stereocenters. The molecule has 110 valence electrons. The highest BCUT2D eigenvalue weighted by Crippen LogP contribution is 2.27. The molecule has 1 aliphatic rings. The van der Waals surface area contributed by atoms with E-state index in [1.807, 2.05) is 12.1 Å². The van der Waals surface area contributed by atoms with E-state index in [4.69, 9.17) is 4.74 Å². The SMILES string of the molecule is OC[C@@H]1CN(Cc2ccccc2)C(c2ccccc2)CO1. The summed E-state index contributed by atoms with van der Waals surface area (Å²) in [6, 6.07) is 21.2. The topological polar surface area (TPSA) is 32.7 Å². The molecule has 3 heteroatoms. The van der Waals surface area contributed by atoms with Crippen molar-refractivity contribution in [1.29, 1.82) is 0 Å². The van der Waals surface area contributed by atoms with Crippen LogP contribution in [0.2, 0.25) is 0 Å². The average Bonchev–Trinajstić information content (AvgIpc) is 2.56. The lowest BCUT2D eigenvalue weighted by atomic mass is 10.0. The maximum absolute atomic E-state index is 9.38. The number of hydrogen-bond acceptors (Lipinski definition) is 3. The van der Waals surface area contributed by atoms with Crippen LogP contribution >= 0.6 is 0 Å². The standard InChI is InChI=1S/C18H21NO2/c20-13-17-12-19(11-15-7-3-1-4-8-15)18(14-21-17)16-9-5-2-6-10-16/h1-10,17-18,20H,11-14H2/t17-,18?/m0/s1. The van der Waals surface area contributed by atoms with E-state index >= 15 is 0 Å². The van der Waals surface area contributed by atoms with Gasteiger partial charge in [0.25, 0.3) is 0 Å². The molecule has 0 aromatic heterocycles. The van der Waals surface area contributed by atoms with Crippen LogP contribution in [0.4, 0.5) is 0 Å². The van der Waals surface area contributed by atoms with Crippen molar-refractivity contribution in [2.24, 2.45) is 0 Å². The van der Waals surface area contributed by atoms with Crippen molar-refractivity contribution in [3.63, 3.8) is 0 Å². The van der Waals surface area contributed by atoms with Gasteiger partial charge in [-0.15, -0.1) is 0 Å². The van der Waals surface area contributed by atoms with Gasteiger partial charge in [0.2, 0.25) is 0 Å². The Balaban J connectivity index is 1.80. The van der Waals surface area contributed by atoms with E-state index in [0.717, 1.165) is 13.1 Å². The quantitative estimate of drug-likeness (QED) is 0.936. The van der Waals surface area contributed by atoms with Crippen molar-refractivity contribution in [2.75, 3.05) is 19.8 Å². The van der Waals surface area contributed by atoms with Gasteiger partial charge in [-0.1, -0.05) is 60.7 Å². The fourth-order valence-electron chi connectivity index (χ4n) is 2.86. The number of rotatable bonds is 4. The molecule has 0 radical (unpaired) electrons. The number of hydrogen-bond donors (Lipinski definition) is 1. The molecule has 1 heterocycles. The van der Waals surface area contributed by atoms with E-state index < -0.39 is 0 Å². The van der Waals surface area contributed by atoms with Crippen LogP contribution < -0.4 is 0 Å². The zero-order valence-electron chi connectivity index (χ0n) is 12.1. The molecule has 0 spiro atoms. The lowest BCUT2D eigenvalue weighted by Crippen LogP contribution is -2.45. The second kappa shape index (κ2) is 6.85. The van der Waals surface area contributed by atoms with Gasteiger partial charge in [-0.25, -0.2) is 0 Å². The first-order valence-corrected chi connectivity index (χ1v) is 7.42. The molecule has 2 atom stereocenters. The highest BCUT2D eigenvalue weighted by Gasteiger charge is 2.29. The van der Waals surface area contributed by atoms with Crippen LogP contribution in [0.15, 0.2) is 60.7 Å². The predicted octanol–water partition coefficient (Wildman–Crippen LogP) is 2.62. The summed E-state index contributed by atoms with van der Waals surface area (Å²) in [5.41, 5.74) is 2.56. The van der Waals surface area contributed by atoms with Crippen molar-refractivity contribution in [2.45, 2.75) is 18.7 Å². The molecule has 3 nitrogen and oxygen atoms in total. The third kappa shape index (κ3) is 3.50. The summed E-state index contributed by atoms with van der Waals surface area (Å²) in [5.74, 6) is 0. The summed E-state index contributed by atoms with van der Waals surface area (Å²) in [6.45, 7) is 2.33. The molecule has 0 aliphatic carbocycles. The summed E-state index contributed by atoms with van der Waals surface area (Å²) in [7, 11) is 0. The first-order valence-electron chi connectivity index (χ1n) is 7.42. The largest absolute Gasteiger partial charge is 0.394 e. The monoisotopic (exact) mass is 283 g/mol. The minimum absolute atomic E-state index is 0.0762. The van der Waals surface area contributed by atoms with Crippen molar-refractivity contribution in [3.8, 4) is 0 Å². The Morgan fingerprint density at radius 1 is 1.00 bits per heavy atom. The Morgan fingerprint density at radius 3 is 2.33 bits per heavy atom. The first kappa shape index (κ1) is 14.3. The fourth-order valence-corrected chi connectivity index (χ4v) is 2.86. The van der Waals surface area contributed by atoms with E-state index in [0.29, 0.717) is 6.61 Å². The molecule has 2 aromatic carbocycles. The average molecular weight is 283 g/mol. The van der Waals surface area contributed by atoms with E-state index in [1.165, 1.54) is 11.1 Å². The van der Waals surface area contributed by atoms with E-state index in [2.05, 4.69) is 53.4 Å². The predicted molar refractivity (Wildman–Crippen MR) is 82.9 cm³/mol. The van der Waals surface area contributed by atoms with E-state index in [9.17, 15) is 5.11 Å². The molecule has 1 saturated heterocycles. The van der Waals surface area contributed by atoms with Crippen LogP contribution in [-0.4, -0.2) is 35.9 Å². The van der Waals surface area contributed by atoms with Crippen LogP contribution in [0, 0.1) is 0 Å². The third-order valence-electron chi connectivity index (χ3n) is 3.99. The van der Waals surface area contributed by atoms with Gasteiger partial charge in [-0.3, -0.25) is 4.90 Å². The number of ether oxygens (including phenoxy) is 1. The number of benzene rings is 2. The molecule has 1 fully saturated rings. The minimum atomic E-state index is -0.0892. The van der Waals surface area contributed by atoms with Crippen LogP contribution in [-0.2, 0) is 11.3 Å². The normalized spacial score (nSPS) is 23.1. The molecule has 2 aromatic rings. The lowest BCUT2D eigenvalue weighted by molar-refractivity contribution is -0.0866. The Bertz CT molecular complexity index is 544. The van der Waals surface area contributed by atoms with Crippen molar-refractivity contribution in [1.82, 2.24) is 4.90 Å². The molecular formula is C18H21NO2. The zero-order chi connectivity index (χ0) is 14.5. The maximum Gasteiger partial charge on any atom is 0.0933 e. The lowest BCUT2D eigenvalue weighted by Gasteiger charge is -2.39. The molecule has 1 N–H and O–H groups in total. The van der Waals surface area contributed by atoms with Crippen molar-refractivity contribution < 1.29 is 9.84 Å². The summed E-state index contributed by atoms with van der Waals surface area (Å²) in [6.07, 6.45) is -0.0892. The van der Waals surface area contributed by atoms with Crippen molar-refractivity contribution in [3.05, 3.63) is 71.8 Å². The maximum atomic E-state index is 9.38. The summed E-state index contributed by atoms with van der Waals surface area (Å²) >= 11 is 0. The van der Waals surface area contributed by atoms with Gasteiger partial charge in [-0.05, 0) is 11.1 Å². The molecule has 0 saturated carbocycles. The Morgan fingerprint density at radius 2 is 1.67 bits per heavy atom. The fraction of sp³-hybridized carbons (Fsp3) is 0.333. The Kier molecular flexibility index (Phi) is 4.65. The first-order chi connectivity index (χ1) is 10.4. The molecule has 0 amide bonds. The minimum Gasteiger partial charge on any atom is -0.394 e. The van der Waals surface area contributed by atoms with Crippen molar-refractivity contribution >= 4 is 0 Å². The summed E-state index contributed by atoms with van der Waals surface area (Å²) in [4.78, 5) is 2.40. The second-order valence-electron chi connectivity index (χ2n) is 5.48. The number of aliphatic hydroxyl groups excluding tert-OH is 1. The molecule has 1 aliphatic heterocycles. The smallest absolute Gasteiger partial charge is 0.0933 e. The van der Waals surface area contributed by atoms with Gasteiger partial charge < -0.3 is 9.84 Å². The van der Waals surface area contributed by atoms with Gasteiger partial charge in [0.1, 0.15) is 0 Å². The zero-order valence-corrected chi connectivity index (χ0v) is 12.1. The van der Waals surface area contributed by atoms with Crippen LogP contribution in [0.3, 0.4) is 0 Å². The number of nitrogens with zero attached hydrogens (tertiary/aromatic N) is 1. The number of morpholine rings is 1. The highest BCUT2D eigenvalue weighted by atomic mass is 16.5. The highest BCUT2D eigenvalue weighted by molar-refractivity contribution is 5.21. The van der Waals surface area contributed by atoms with Crippen LogP contribution in [0.5, 0.6) is 0 Å². The molecule has 3 rings (SSSR count). The summed E-state index contributed by atoms with van der Waals surface area (Å²) < 4.78 is 5.77. The number of aliphatic hydroxyl groups is 1. The van der Waals surface area contributed by atoms with E-state index in [1.54, 1.807) is 0 Å².